The molecule has 17 heavy (non-hydrogen) atoms. The normalized spacial score (nSPS) is 12.5. The summed E-state index contributed by atoms with van der Waals surface area (Å²) in [4.78, 5) is 10.7. The predicted octanol–water partition coefficient (Wildman–Crippen LogP) is 2.21. The Bertz CT molecular complexity index is 359. The minimum atomic E-state index is -0.813. The number of hydrogen-bond donors (Lipinski definition) is 2. The fourth-order valence-corrected chi connectivity index (χ4v) is 1.61. The average Bonchev–Trinajstić information content (AvgIpc) is 2.26. The zero-order valence-electron chi connectivity index (χ0n) is 10.4. The molecule has 1 aromatic carbocycles. The Labute approximate surface area is 102 Å². The minimum Gasteiger partial charge on any atom is -0.491 e. The summed E-state index contributed by atoms with van der Waals surface area (Å²) in [5, 5.41) is 11.8. The molecule has 4 heteroatoms. The fraction of sp³-hybridized carbons (Fsp3) is 0.462. The van der Waals surface area contributed by atoms with Gasteiger partial charge in [0.15, 0.2) is 0 Å². The van der Waals surface area contributed by atoms with Crippen molar-refractivity contribution in [2.45, 2.75) is 32.4 Å². The van der Waals surface area contributed by atoms with Crippen LogP contribution >= 0.6 is 0 Å². The Morgan fingerprint density at radius 3 is 2.35 bits per heavy atom. The molecule has 0 aliphatic heterocycles. The standard InChI is InChI=1S/C13H19NO3/c1-9(2)17-11-6-4-10(5-7-11)12(14-3)8-13(15)16/h4-7,9,12,14H,8H2,1-3H3,(H,15,16). The molecule has 0 saturated heterocycles. The molecule has 0 spiro atoms. The lowest BCUT2D eigenvalue weighted by molar-refractivity contribution is -0.137. The van der Waals surface area contributed by atoms with Gasteiger partial charge in [0, 0.05) is 6.04 Å². The highest BCUT2D eigenvalue weighted by Gasteiger charge is 2.13. The molecular weight excluding hydrogens is 218 g/mol. The van der Waals surface area contributed by atoms with Crippen LogP contribution in [-0.4, -0.2) is 24.2 Å². The van der Waals surface area contributed by atoms with E-state index in [0.717, 1.165) is 11.3 Å². The number of ether oxygens (including phenoxy) is 1. The Morgan fingerprint density at radius 2 is 1.94 bits per heavy atom. The van der Waals surface area contributed by atoms with Gasteiger partial charge in [0.2, 0.25) is 0 Å². The first-order valence-corrected chi connectivity index (χ1v) is 5.68. The Morgan fingerprint density at radius 1 is 1.35 bits per heavy atom. The summed E-state index contributed by atoms with van der Waals surface area (Å²) in [6, 6.07) is 7.34. The summed E-state index contributed by atoms with van der Waals surface area (Å²) < 4.78 is 5.53. The number of rotatable bonds is 6. The summed E-state index contributed by atoms with van der Waals surface area (Å²) in [5.41, 5.74) is 0.950. The van der Waals surface area contributed by atoms with Crippen molar-refractivity contribution in [2.75, 3.05) is 7.05 Å². The van der Waals surface area contributed by atoms with Crippen molar-refractivity contribution in [3.8, 4) is 5.75 Å². The minimum absolute atomic E-state index is 0.0703. The Kier molecular flexibility index (Phi) is 4.97. The number of nitrogens with one attached hydrogen (secondary N) is 1. The van der Waals surface area contributed by atoms with Crippen molar-refractivity contribution in [1.82, 2.24) is 5.32 Å². The summed E-state index contributed by atoms with van der Waals surface area (Å²) >= 11 is 0. The molecule has 1 rings (SSSR count). The molecule has 1 unspecified atom stereocenters. The van der Waals surface area contributed by atoms with Crippen LogP contribution in [-0.2, 0) is 4.79 Å². The van der Waals surface area contributed by atoms with Crippen LogP contribution in [0.1, 0.15) is 31.9 Å². The third-order valence-electron chi connectivity index (χ3n) is 2.38. The highest BCUT2D eigenvalue weighted by Crippen LogP contribution is 2.20. The predicted molar refractivity (Wildman–Crippen MR) is 66.3 cm³/mol. The van der Waals surface area contributed by atoms with E-state index in [1.807, 2.05) is 38.1 Å². The van der Waals surface area contributed by atoms with E-state index in [0.29, 0.717) is 0 Å². The number of carboxylic acid groups (broad SMARTS) is 1. The SMILES string of the molecule is CNC(CC(=O)O)c1ccc(OC(C)C)cc1. The second-order valence-corrected chi connectivity index (χ2v) is 4.17. The Balaban J connectivity index is 2.74. The molecule has 0 aliphatic rings. The second kappa shape index (κ2) is 6.25. The van der Waals surface area contributed by atoms with Crippen LogP contribution in [0.5, 0.6) is 5.75 Å². The third kappa shape index (κ3) is 4.44. The summed E-state index contributed by atoms with van der Waals surface area (Å²) in [6.07, 6.45) is 0.209. The van der Waals surface area contributed by atoms with Gasteiger partial charge in [-0.25, -0.2) is 0 Å². The highest BCUT2D eigenvalue weighted by molar-refractivity contribution is 5.67. The summed E-state index contributed by atoms with van der Waals surface area (Å²) in [5.74, 6) is -0.0132. The summed E-state index contributed by atoms with van der Waals surface area (Å²) in [6.45, 7) is 3.93. The van der Waals surface area contributed by atoms with Crippen LogP contribution in [0.15, 0.2) is 24.3 Å². The average molecular weight is 237 g/mol. The quantitative estimate of drug-likeness (QED) is 0.796. The number of carbonyl (C=O) groups is 1. The molecule has 1 aromatic rings. The first kappa shape index (κ1) is 13.5. The first-order chi connectivity index (χ1) is 8.02. The van der Waals surface area contributed by atoms with Gasteiger partial charge in [-0.1, -0.05) is 12.1 Å². The molecule has 0 radical (unpaired) electrons. The molecule has 2 N–H and O–H groups in total. The van der Waals surface area contributed by atoms with Crippen LogP contribution in [0.2, 0.25) is 0 Å². The van der Waals surface area contributed by atoms with Crippen molar-refractivity contribution in [2.24, 2.45) is 0 Å². The number of benzene rings is 1. The molecule has 1 atom stereocenters. The lowest BCUT2D eigenvalue weighted by Gasteiger charge is -2.15. The van der Waals surface area contributed by atoms with Gasteiger partial charge in [-0.05, 0) is 38.6 Å². The van der Waals surface area contributed by atoms with Crippen LogP contribution < -0.4 is 10.1 Å². The monoisotopic (exact) mass is 237 g/mol. The molecule has 0 saturated carbocycles. The van der Waals surface area contributed by atoms with Crippen LogP contribution in [0.4, 0.5) is 0 Å². The molecule has 0 aromatic heterocycles. The largest absolute Gasteiger partial charge is 0.491 e. The van der Waals surface area contributed by atoms with Crippen LogP contribution in [0.25, 0.3) is 0 Å². The van der Waals surface area contributed by atoms with E-state index in [2.05, 4.69) is 5.32 Å². The van der Waals surface area contributed by atoms with Gasteiger partial charge >= 0.3 is 5.97 Å². The van der Waals surface area contributed by atoms with E-state index in [1.165, 1.54) is 0 Å². The fourth-order valence-electron chi connectivity index (χ4n) is 1.61. The van der Waals surface area contributed by atoms with E-state index in [1.54, 1.807) is 7.05 Å². The second-order valence-electron chi connectivity index (χ2n) is 4.17. The maximum absolute atomic E-state index is 10.7. The number of carboxylic acids is 1. The topological polar surface area (TPSA) is 58.6 Å². The molecule has 0 bridgehead atoms. The maximum atomic E-state index is 10.7. The van der Waals surface area contributed by atoms with E-state index >= 15 is 0 Å². The molecule has 0 aliphatic carbocycles. The molecule has 0 heterocycles. The highest BCUT2D eigenvalue weighted by atomic mass is 16.5. The maximum Gasteiger partial charge on any atom is 0.305 e. The molecule has 0 amide bonds. The van der Waals surface area contributed by atoms with Gasteiger partial charge < -0.3 is 15.2 Å². The van der Waals surface area contributed by atoms with Gasteiger partial charge in [-0.3, -0.25) is 4.79 Å². The van der Waals surface area contributed by atoms with Crippen molar-refractivity contribution in [3.05, 3.63) is 29.8 Å². The van der Waals surface area contributed by atoms with Gasteiger partial charge in [-0.15, -0.1) is 0 Å². The molecule has 94 valence electrons. The zero-order chi connectivity index (χ0) is 12.8. The Hall–Kier alpha value is -1.55. The van der Waals surface area contributed by atoms with Crippen molar-refractivity contribution in [3.63, 3.8) is 0 Å². The van der Waals surface area contributed by atoms with E-state index < -0.39 is 5.97 Å². The lowest BCUT2D eigenvalue weighted by atomic mass is 10.0. The third-order valence-corrected chi connectivity index (χ3v) is 2.38. The van der Waals surface area contributed by atoms with Crippen molar-refractivity contribution >= 4 is 5.97 Å². The zero-order valence-corrected chi connectivity index (χ0v) is 10.4. The van der Waals surface area contributed by atoms with Crippen molar-refractivity contribution in [1.29, 1.82) is 0 Å². The van der Waals surface area contributed by atoms with E-state index in [4.69, 9.17) is 9.84 Å². The smallest absolute Gasteiger partial charge is 0.305 e. The van der Waals surface area contributed by atoms with Crippen molar-refractivity contribution < 1.29 is 14.6 Å². The molecule has 0 fully saturated rings. The van der Waals surface area contributed by atoms with Crippen LogP contribution in [0.3, 0.4) is 0 Å². The number of aliphatic carboxylic acids is 1. The van der Waals surface area contributed by atoms with E-state index in [-0.39, 0.29) is 18.6 Å². The van der Waals surface area contributed by atoms with E-state index in [9.17, 15) is 4.79 Å². The lowest BCUT2D eigenvalue weighted by Crippen LogP contribution is -2.19. The first-order valence-electron chi connectivity index (χ1n) is 5.68. The van der Waals surface area contributed by atoms with Crippen LogP contribution in [0, 0.1) is 0 Å². The summed E-state index contributed by atoms with van der Waals surface area (Å²) in [7, 11) is 1.76. The van der Waals surface area contributed by atoms with Gasteiger partial charge in [0.1, 0.15) is 5.75 Å². The van der Waals surface area contributed by atoms with Gasteiger partial charge in [0.25, 0.3) is 0 Å². The van der Waals surface area contributed by atoms with Gasteiger partial charge in [-0.2, -0.15) is 0 Å². The molecule has 4 nitrogen and oxygen atoms in total. The molecular formula is C13H19NO3. The van der Waals surface area contributed by atoms with Gasteiger partial charge in [0.05, 0.1) is 12.5 Å². The number of hydrogen-bond acceptors (Lipinski definition) is 3.